The number of benzene rings is 2. The van der Waals surface area contributed by atoms with Crippen LogP contribution in [-0.2, 0) is 11.3 Å². The Morgan fingerprint density at radius 3 is 2.67 bits per heavy atom. The zero-order valence-corrected chi connectivity index (χ0v) is 16.5. The summed E-state index contributed by atoms with van der Waals surface area (Å²) in [6.07, 6.45) is 3.59. The molecule has 1 aliphatic heterocycles. The molecule has 1 unspecified atom stereocenters. The van der Waals surface area contributed by atoms with Gasteiger partial charge in [-0.05, 0) is 30.5 Å². The molecule has 0 spiro atoms. The number of aromatic nitrogens is 3. The molecule has 1 fully saturated rings. The van der Waals surface area contributed by atoms with Crippen LogP contribution in [0.2, 0.25) is 0 Å². The second-order valence-electron chi connectivity index (χ2n) is 7.13. The molecule has 1 atom stereocenters. The number of carbonyl (C=O) groups excluding carboxylic acids is 2. The van der Waals surface area contributed by atoms with Gasteiger partial charge in [0.25, 0.3) is 11.8 Å². The number of hydrogen-bond acceptors (Lipinski definition) is 5. The van der Waals surface area contributed by atoms with E-state index in [2.05, 4.69) is 20.9 Å². The summed E-state index contributed by atoms with van der Waals surface area (Å²) < 4.78 is 7.14. The molecule has 2 heterocycles. The lowest BCUT2D eigenvalue weighted by atomic mass is 10.1. The van der Waals surface area contributed by atoms with Crippen LogP contribution in [0.25, 0.3) is 0 Å². The molecule has 4 rings (SSSR count). The minimum atomic E-state index is -0.423. The maximum absolute atomic E-state index is 12.6. The van der Waals surface area contributed by atoms with Crippen molar-refractivity contribution in [3.05, 3.63) is 77.6 Å². The van der Waals surface area contributed by atoms with Gasteiger partial charge in [0.2, 0.25) is 0 Å². The zero-order valence-electron chi connectivity index (χ0n) is 16.5. The van der Waals surface area contributed by atoms with Gasteiger partial charge in [-0.3, -0.25) is 9.59 Å². The summed E-state index contributed by atoms with van der Waals surface area (Å²) in [6.45, 7) is 1.70. The molecular weight excluding hydrogens is 382 g/mol. The molecule has 30 heavy (non-hydrogen) atoms. The molecule has 8 nitrogen and oxygen atoms in total. The van der Waals surface area contributed by atoms with Gasteiger partial charge in [0.1, 0.15) is 0 Å². The maximum Gasteiger partial charge on any atom is 0.277 e. The number of anilines is 1. The van der Waals surface area contributed by atoms with Crippen molar-refractivity contribution in [2.24, 2.45) is 0 Å². The van der Waals surface area contributed by atoms with E-state index in [-0.39, 0.29) is 17.7 Å². The standard InChI is InChI=1S/C22H23N5O3/c28-21(23-13-17-9-6-12-30-17)18-10-4-5-11-19(18)24-22(29)20-15-27(26-25-20)14-16-7-2-1-3-8-16/h1-5,7-8,10-11,15,17H,6,9,12-14H2,(H,23,28)(H,24,29). The van der Waals surface area contributed by atoms with Crippen LogP contribution < -0.4 is 10.6 Å². The van der Waals surface area contributed by atoms with E-state index >= 15 is 0 Å². The van der Waals surface area contributed by atoms with Crippen LogP contribution in [0.3, 0.4) is 0 Å². The highest BCUT2D eigenvalue weighted by Crippen LogP contribution is 2.17. The van der Waals surface area contributed by atoms with Crippen molar-refractivity contribution in [3.63, 3.8) is 0 Å². The third-order valence-corrected chi connectivity index (χ3v) is 4.89. The van der Waals surface area contributed by atoms with E-state index in [1.807, 2.05) is 30.3 Å². The predicted octanol–water partition coefficient (Wildman–Crippen LogP) is 2.49. The van der Waals surface area contributed by atoms with Crippen molar-refractivity contribution in [1.82, 2.24) is 20.3 Å². The van der Waals surface area contributed by atoms with E-state index in [0.29, 0.717) is 24.3 Å². The van der Waals surface area contributed by atoms with Gasteiger partial charge in [-0.15, -0.1) is 5.10 Å². The fraction of sp³-hybridized carbons (Fsp3) is 0.273. The Balaban J connectivity index is 1.40. The van der Waals surface area contributed by atoms with Gasteiger partial charge in [0, 0.05) is 13.2 Å². The Labute approximate surface area is 174 Å². The predicted molar refractivity (Wildman–Crippen MR) is 111 cm³/mol. The Bertz CT molecular complexity index is 1010. The molecule has 154 valence electrons. The molecule has 2 aromatic carbocycles. The Morgan fingerprint density at radius 2 is 1.87 bits per heavy atom. The van der Waals surface area contributed by atoms with Gasteiger partial charge in [0.15, 0.2) is 5.69 Å². The molecule has 0 saturated carbocycles. The number of rotatable bonds is 7. The smallest absolute Gasteiger partial charge is 0.277 e. The summed E-state index contributed by atoms with van der Waals surface area (Å²) in [4.78, 5) is 25.2. The van der Waals surface area contributed by atoms with E-state index in [1.54, 1.807) is 35.1 Å². The fourth-order valence-electron chi connectivity index (χ4n) is 3.33. The highest BCUT2D eigenvalue weighted by atomic mass is 16.5. The highest BCUT2D eigenvalue weighted by Gasteiger charge is 2.19. The van der Waals surface area contributed by atoms with Crippen LogP contribution in [0.4, 0.5) is 5.69 Å². The molecule has 1 aliphatic rings. The molecule has 1 saturated heterocycles. The van der Waals surface area contributed by atoms with Crippen molar-refractivity contribution in [3.8, 4) is 0 Å². The first kappa shape index (κ1) is 19.8. The number of para-hydroxylation sites is 1. The van der Waals surface area contributed by atoms with Crippen LogP contribution in [0.1, 0.15) is 39.3 Å². The lowest BCUT2D eigenvalue weighted by Gasteiger charge is -2.13. The molecule has 3 aromatic rings. The van der Waals surface area contributed by atoms with Crippen molar-refractivity contribution >= 4 is 17.5 Å². The molecule has 0 bridgehead atoms. The van der Waals surface area contributed by atoms with Crippen molar-refractivity contribution < 1.29 is 14.3 Å². The van der Waals surface area contributed by atoms with Crippen LogP contribution >= 0.6 is 0 Å². The highest BCUT2D eigenvalue weighted by molar-refractivity contribution is 6.08. The van der Waals surface area contributed by atoms with Crippen molar-refractivity contribution in [1.29, 1.82) is 0 Å². The first-order chi connectivity index (χ1) is 14.7. The lowest BCUT2D eigenvalue weighted by molar-refractivity contribution is 0.0858. The van der Waals surface area contributed by atoms with E-state index in [1.165, 1.54) is 0 Å². The minimum absolute atomic E-state index is 0.0513. The second kappa shape index (κ2) is 9.32. The second-order valence-corrected chi connectivity index (χ2v) is 7.13. The van der Waals surface area contributed by atoms with Gasteiger partial charge < -0.3 is 15.4 Å². The van der Waals surface area contributed by atoms with Gasteiger partial charge in [0.05, 0.1) is 30.1 Å². The van der Waals surface area contributed by atoms with Gasteiger partial charge in [-0.2, -0.15) is 0 Å². The number of amides is 2. The maximum atomic E-state index is 12.6. The van der Waals surface area contributed by atoms with E-state index in [0.717, 1.165) is 25.0 Å². The number of hydrogen-bond donors (Lipinski definition) is 2. The van der Waals surface area contributed by atoms with Crippen LogP contribution in [0.15, 0.2) is 60.8 Å². The average Bonchev–Trinajstić information content (AvgIpc) is 3.45. The third-order valence-electron chi connectivity index (χ3n) is 4.89. The summed E-state index contributed by atoms with van der Waals surface area (Å²) in [5, 5.41) is 13.6. The molecular formula is C22H23N5O3. The Kier molecular flexibility index (Phi) is 6.14. The summed E-state index contributed by atoms with van der Waals surface area (Å²) in [5.41, 5.74) is 2.05. The average molecular weight is 405 g/mol. The third kappa shape index (κ3) is 4.90. The lowest BCUT2D eigenvalue weighted by Crippen LogP contribution is -2.32. The number of carbonyl (C=O) groups is 2. The summed E-state index contributed by atoms with van der Waals surface area (Å²) in [7, 11) is 0. The van der Waals surface area contributed by atoms with E-state index in [4.69, 9.17) is 4.74 Å². The zero-order chi connectivity index (χ0) is 20.8. The fourth-order valence-corrected chi connectivity index (χ4v) is 3.33. The molecule has 1 aromatic heterocycles. The van der Waals surface area contributed by atoms with Crippen LogP contribution in [-0.4, -0.2) is 46.1 Å². The van der Waals surface area contributed by atoms with Crippen LogP contribution in [0.5, 0.6) is 0 Å². The first-order valence-corrected chi connectivity index (χ1v) is 9.93. The SMILES string of the molecule is O=C(Nc1ccccc1C(=O)NCC1CCCO1)c1cn(Cc2ccccc2)nn1. The Morgan fingerprint density at radius 1 is 1.07 bits per heavy atom. The number of nitrogens with one attached hydrogen (secondary N) is 2. The van der Waals surface area contributed by atoms with Gasteiger partial charge in [-0.1, -0.05) is 47.7 Å². The number of nitrogens with zero attached hydrogens (tertiary/aromatic N) is 3. The summed E-state index contributed by atoms with van der Waals surface area (Å²) in [5.74, 6) is -0.678. The summed E-state index contributed by atoms with van der Waals surface area (Å²) >= 11 is 0. The van der Waals surface area contributed by atoms with Gasteiger partial charge >= 0.3 is 0 Å². The van der Waals surface area contributed by atoms with Crippen LogP contribution in [0, 0.1) is 0 Å². The molecule has 0 radical (unpaired) electrons. The van der Waals surface area contributed by atoms with E-state index < -0.39 is 5.91 Å². The van der Waals surface area contributed by atoms with Crippen molar-refractivity contribution in [2.45, 2.75) is 25.5 Å². The Hall–Kier alpha value is -3.52. The van der Waals surface area contributed by atoms with Crippen molar-refractivity contribution in [2.75, 3.05) is 18.5 Å². The topological polar surface area (TPSA) is 98.1 Å². The minimum Gasteiger partial charge on any atom is -0.376 e. The monoisotopic (exact) mass is 405 g/mol. The van der Waals surface area contributed by atoms with Gasteiger partial charge in [-0.25, -0.2) is 4.68 Å². The molecule has 2 amide bonds. The number of ether oxygens (including phenoxy) is 1. The first-order valence-electron chi connectivity index (χ1n) is 9.93. The largest absolute Gasteiger partial charge is 0.376 e. The molecule has 8 heteroatoms. The van der Waals surface area contributed by atoms with E-state index in [9.17, 15) is 9.59 Å². The summed E-state index contributed by atoms with van der Waals surface area (Å²) in [6, 6.07) is 16.7. The quantitative estimate of drug-likeness (QED) is 0.629. The molecule has 0 aliphatic carbocycles. The molecule has 2 N–H and O–H groups in total. The normalized spacial score (nSPS) is 15.7.